The van der Waals surface area contributed by atoms with Crippen LogP contribution >= 0.6 is 0 Å². The van der Waals surface area contributed by atoms with Gasteiger partial charge in [-0.2, -0.15) is 5.10 Å². The van der Waals surface area contributed by atoms with Crippen molar-refractivity contribution in [2.45, 2.75) is 33.2 Å². The second kappa shape index (κ2) is 10.7. The third-order valence-electron chi connectivity index (χ3n) is 8.24. The van der Waals surface area contributed by atoms with E-state index in [0.29, 0.717) is 11.3 Å². The second-order valence-electron chi connectivity index (χ2n) is 10.2. The average Bonchev–Trinajstić information content (AvgIpc) is 3.25. The van der Waals surface area contributed by atoms with E-state index in [9.17, 15) is 4.79 Å². The molecule has 1 aromatic heterocycles. The summed E-state index contributed by atoms with van der Waals surface area (Å²) in [6.07, 6.45) is 3.38. The van der Waals surface area contributed by atoms with Crippen LogP contribution in [0.25, 0.3) is 0 Å². The largest absolute Gasteiger partial charge is 0.456 e. The Morgan fingerprint density at radius 3 is 1.93 bits per heavy atom. The first-order valence-corrected chi connectivity index (χ1v) is 14.4. The van der Waals surface area contributed by atoms with Gasteiger partial charge < -0.3 is 14.5 Å². The minimum absolute atomic E-state index is 0.160. The molecule has 6 rings (SSSR count). The SMILES string of the molecule is CCN(CC)c1ccc2c(c1)Oc1cc(N(CC)CC)ccc1C21c2ccccc2C(=O)N1/N=C\c1ccccn1. The molecule has 0 fully saturated rings. The number of amides is 1. The Bertz CT molecular complexity index is 1550. The second-order valence-corrected chi connectivity index (χ2v) is 10.2. The molecule has 0 bridgehead atoms. The summed E-state index contributed by atoms with van der Waals surface area (Å²) in [5, 5.41) is 6.49. The van der Waals surface area contributed by atoms with Crippen molar-refractivity contribution in [2.75, 3.05) is 36.0 Å². The van der Waals surface area contributed by atoms with Crippen LogP contribution in [0.4, 0.5) is 11.4 Å². The molecular weight excluding hydrogens is 510 g/mol. The fraction of sp³-hybridized carbons (Fsp3) is 0.265. The van der Waals surface area contributed by atoms with Gasteiger partial charge >= 0.3 is 0 Å². The van der Waals surface area contributed by atoms with Crippen molar-refractivity contribution in [2.24, 2.45) is 5.10 Å². The van der Waals surface area contributed by atoms with E-state index in [0.717, 1.165) is 65.7 Å². The Labute approximate surface area is 241 Å². The quantitative estimate of drug-likeness (QED) is 0.232. The van der Waals surface area contributed by atoms with E-state index in [2.05, 4.69) is 78.9 Å². The zero-order valence-electron chi connectivity index (χ0n) is 24.0. The lowest BCUT2D eigenvalue weighted by atomic mass is 9.75. The predicted octanol–water partition coefficient (Wildman–Crippen LogP) is 6.66. The molecule has 1 amide bonds. The van der Waals surface area contributed by atoms with E-state index in [4.69, 9.17) is 9.84 Å². The molecule has 2 aliphatic heterocycles. The summed E-state index contributed by atoms with van der Waals surface area (Å²) in [7, 11) is 0. The Hall–Kier alpha value is -4.65. The number of fused-ring (bicyclic) bond motifs is 6. The number of hydrogen-bond acceptors (Lipinski definition) is 6. The molecule has 7 nitrogen and oxygen atoms in total. The van der Waals surface area contributed by atoms with Gasteiger partial charge in [-0.15, -0.1) is 0 Å². The summed E-state index contributed by atoms with van der Waals surface area (Å²) in [6.45, 7) is 12.1. The smallest absolute Gasteiger partial charge is 0.275 e. The molecule has 2 aliphatic rings. The van der Waals surface area contributed by atoms with Crippen molar-refractivity contribution >= 4 is 23.5 Å². The molecule has 3 aromatic carbocycles. The molecule has 0 radical (unpaired) electrons. The Morgan fingerprint density at radius 1 is 0.780 bits per heavy atom. The van der Waals surface area contributed by atoms with E-state index in [1.165, 1.54) is 0 Å². The molecule has 0 saturated heterocycles. The van der Waals surface area contributed by atoms with Gasteiger partial charge in [-0.25, -0.2) is 5.01 Å². The van der Waals surface area contributed by atoms with Crippen LogP contribution in [0, 0.1) is 0 Å². The van der Waals surface area contributed by atoms with Crippen LogP contribution in [0.3, 0.4) is 0 Å². The van der Waals surface area contributed by atoms with Crippen LogP contribution in [0.1, 0.15) is 60.4 Å². The average molecular weight is 546 g/mol. The number of hydrogen-bond donors (Lipinski definition) is 0. The fourth-order valence-corrected chi connectivity index (χ4v) is 6.22. The third-order valence-corrected chi connectivity index (χ3v) is 8.24. The van der Waals surface area contributed by atoms with Gasteiger partial charge in [0.15, 0.2) is 0 Å². The molecule has 4 aromatic rings. The maximum Gasteiger partial charge on any atom is 0.275 e. The van der Waals surface area contributed by atoms with Crippen molar-refractivity contribution in [1.82, 2.24) is 9.99 Å². The summed E-state index contributed by atoms with van der Waals surface area (Å²) in [6, 6.07) is 26.1. The molecule has 41 heavy (non-hydrogen) atoms. The highest BCUT2D eigenvalue weighted by Gasteiger charge is 2.57. The van der Waals surface area contributed by atoms with Crippen molar-refractivity contribution in [3.05, 3.63) is 113 Å². The van der Waals surface area contributed by atoms with E-state index in [1.54, 1.807) is 17.4 Å². The van der Waals surface area contributed by atoms with Crippen LogP contribution in [0.2, 0.25) is 0 Å². The van der Waals surface area contributed by atoms with Crippen molar-refractivity contribution in [1.29, 1.82) is 0 Å². The minimum atomic E-state index is -1.01. The Morgan fingerprint density at radius 2 is 1.37 bits per heavy atom. The zero-order valence-corrected chi connectivity index (χ0v) is 24.0. The molecule has 0 aliphatic carbocycles. The summed E-state index contributed by atoms with van der Waals surface area (Å²) >= 11 is 0. The van der Waals surface area contributed by atoms with Gasteiger partial charge in [-0.3, -0.25) is 9.78 Å². The van der Waals surface area contributed by atoms with E-state index >= 15 is 0 Å². The lowest BCUT2D eigenvalue weighted by Gasteiger charge is -2.42. The standard InChI is InChI=1S/C34H35N5O2/c1-5-37(6-2)25-16-18-29-31(21-25)41-32-22-26(38(7-3)8-4)17-19-30(32)34(29)28-15-10-9-14-27(28)33(40)39(34)36-23-24-13-11-12-20-35-24/h9-23H,5-8H2,1-4H3/b36-23-. The predicted molar refractivity (Wildman–Crippen MR) is 164 cm³/mol. The third kappa shape index (κ3) is 4.15. The number of carbonyl (C=O) groups is 1. The fourth-order valence-electron chi connectivity index (χ4n) is 6.22. The van der Waals surface area contributed by atoms with Gasteiger partial charge in [0, 0.05) is 78.1 Å². The maximum absolute atomic E-state index is 14.2. The molecule has 1 spiro atoms. The number of aromatic nitrogens is 1. The van der Waals surface area contributed by atoms with Crippen LogP contribution in [-0.4, -0.2) is 48.3 Å². The number of rotatable bonds is 8. The van der Waals surface area contributed by atoms with Gasteiger partial charge in [-0.1, -0.05) is 36.4 Å². The lowest BCUT2D eigenvalue weighted by molar-refractivity contribution is 0.0675. The maximum atomic E-state index is 14.2. The normalized spacial score (nSPS) is 14.5. The van der Waals surface area contributed by atoms with Crippen LogP contribution in [-0.2, 0) is 5.54 Å². The van der Waals surface area contributed by atoms with Gasteiger partial charge in [0.1, 0.15) is 17.0 Å². The molecule has 0 N–H and O–H groups in total. The molecule has 0 atom stereocenters. The monoisotopic (exact) mass is 545 g/mol. The first kappa shape index (κ1) is 26.6. The van der Waals surface area contributed by atoms with Crippen LogP contribution < -0.4 is 14.5 Å². The molecule has 3 heterocycles. The topological polar surface area (TPSA) is 61.3 Å². The van der Waals surface area contributed by atoms with E-state index in [-0.39, 0.29) is 5.91 Å². The van der Waals surface area contributed by atoms with E-state index < -0.39 is 5.54 Å². The molecular formula is C34H35N5O2. The Balaban J connectivity index is 1.64. The van der Waals surface area contributed by atoms with Gasteiger partial charge in [0.25, 0.3) is 5.91 Å². The molecule has 7 heteroatoms. The highest BCUT2D eigenvalue weighted by atomic mass is 16.5. The lowest BCUT2D eigenvalue weighted by Crippen LogP contribution is -2.44. The summed E-state index contributed by atoms with van der Waals surface area (Å²) < 4.78 is 6.73. The number of ether oxygens (including phenoxy) is 1. The highest BCUT2D eigenvalue weighted by Crippen LogP contribution is 2.58. The highest BCUT2D eigenvalue weighted by molar-refractivity contribution is 6.02. The van der Waals surface area contributed by atoms with Crippen molar-refractivity contribution in [3.63, 3.8) is 0 Å². The number of hydrazone groups is 1. The van der Waals surface area contributed by atoms with Crippen molar-refractivity contribution in [3.8, 4) is 11.5 Å². The van der Waals surface area contributed by atoms with Gasteiger partial charge in [0.2, 0.25) is 0 Å². The number of anilines is 2. The zero-order chi connectivity index (χ0) is 28.6. The summed E-state index contributed by atoms with van der Waals surface area (Å²) in [5.41, 5.74) is 5.10. The number of nitrogens with zero attached hydrogens (tertiary/aromatic N) is 5. The summed E-state index contributed by atoms with van der Waals surface area (Å²) in [4.78, 5) is 23.2. The first-order valence-electron chi connectivity index (χ1n) is 14.4. The van der Waals surface area contributed by atoms with Crippen LogP contribution in [0.15, 0.2) is 90.2 Å². The number of pyridine rings is 1. The van der Waals surface area contributed by atoms with Crippen LogP contribution in [0.5, 0.6) is 11.5 Å². The number of benzene rings is 3. The summed E-state index contributed by atoms with van der Waals surface area (Å²) in [5.74, 6) is 1.29. The first-order chi connectivity index (χ1) is 20.1. The molecule has 0 unspecified atom stereocenters. The molecule has 208 valence electrons. The van der Waals surface area contributed by atoms with Gasteiger partial charge in [0.05, 0.1) is 11.9 Å². The number of carbonyl (C=O) groups excluding carboxylic acids is 1. The van der Waals surface area contributed by atoms with Crippen molar-refractivity contribution < 1.29 is 9.53 Å². The van der Waals surface area contributed by atoms with Gasteiger partial charge in [-0.05, 0) is 58.0 Å². The minimum Gasteiger partial charge on any atom is -0.456 e. The Kier molecular flexibility index (Phi) is 6.95. The molecule has 0 saturated carbocycles. The van der Waals surface area contributed by atoms with E-state index in [1.807, 2.05) is 42.5 Å².